The van der Waals surface area contributed by atoms with Crippen molar-refractivity contribution in [1.82, 2.24) is 29.4 Å². The Kier molecular flexibility index (Phi) is 6.55. The van der Waals surface area contributed by atoms with Crippen molar-refractivity contribution >= 4 is 16.8 Å². The van der Waals surface area contributed by atoms with Crippen molar-refractivity contribution in [2.24, 2.45) is 0 Å². The van der Waals surface area contributed by atoms with Crippen molar-refractivity contribution in [1.29, 1.82) is 0 Å². The molecule has 1 N–H and O–H groups in total. The third-order valence-corrected chi connectivity index (χ3v) is 8.44. The van der Waals surface area contributed by atoms with Gasteiger partial charge in [0.1, 0.15) is 6.54 Å². The number of amides is 1. The number of carbonyl (C=O) groups excluding carboxylic acids is 1. The Hall–Kier alpha value is -4.34. The number of aromatic nitrogens is 5. The van der Waals surface area contributed by atoms with Crippen LogP contribution in [-0.4, -0.2) is 35.4 Å². The number of aromatic amines is 1. The van der Waals surface area contributed by atoms with E-state index in [0.29, 0.717) is 0 Å². The van der Waals surface area contributed by atoms with Gasteiger partial charge in [-0.1, -0.05) is 44.2 Å². The van der Waals surface area contributed by atoms with Crippen LogP contribution in [0.3, 0.4) is 0 Å². The lowest BCUT2D eigenvalue weighted by Crippen LogP contribution is -2.42. The number of halogens is 3. The molecule has 10 heteroatoms. The molecule has 1 aliphatic heterocycles. The highest BCUT2D eigenvalue weighted by atomic mass is 19.4. The van der Waals surface area contributed by atoms with E-state index in [-0.39, 0.29) is 24.7 Å². The molecule has 0 bridgehead atoms. The highest BCUT2D eigenvalue weighted by molar-refractivity contribution is 5.96. The van der Waals surface area contributed by atoms with Crippen LogP contribution >= 0.6 is 0 Å². The normalized spacial score (nSPS) is 14.6. The van der Waals surface area contributed by atoms with Crippen LogP contribution in [0.5, 0.6) is 0 Å². The number of H-pyrrole nitrogens is 1. The fourth-order valence-corrected chi connectivity index (χ4v) is 6.21. The van der Waals surface area contributed by atoms with Gasteiger partial charge in [0, 0.05) is 33.9 Å². The molecule has 1 amide bonds. The fraction of sp³-hybridized carbons (Fsp3) is 0.344. The zero-order chi connectivity index (χ0) is 30.0. The monoisotopic (exact) mass is 574 g/mol. The summed E-state index contributed by atoms with van der Waals surface area (Å²) in [6, 6.07) is 15.5. The van der Waals surface area contributed by atoms with E-state index in [1.54, 1.807) is 4.90 Å². The molecule has 0 atom stereocenters. The average molecular weight is 575 g/mol. The van der Waals surface area contributed by atoms with Gasteiger partial charge in [-0.25, -0.2) is 4.68 Å². The van der Waals surface area contributed by atoms with Crippen LogP contribution in [0.2, 0.25) is 0 Å². The molecule has 0 radical (unpaired) electrons. The van der Waals surface area contributed by atoms with E-state index in [0.717, 1.165) is 62.7 Å². The number of aryl methyl sites for hydroxylation is 3. The second-order valence-corrected chi connectivity index (χ2v) is 11.3. The number of para-hydroxylation sites is 1. The van der Waals surface area contributed by atoms with Crippen LogP contribution in [0.25, 0.3) is 27.8 Å². The summed E-state index contributed by atoms with van der Waals surface area (Å²) in [4.78, 5) is 18.7. The van der Waals surface area contributed by atoms with Gasteiger partial charge in [-0.3, -0.25) is 9.48 Å². The van der Waals surface area contributed by atoms with Crippen LogP contribution < -0.4 is 0 Å². The fourth-order valence-electron chi connectivity index (χ4n) is 6.21. The van der Waals surface area contributed by atoms with E-state index in [1.807, 2.05) is 38.2 Å². The molecule has 3 aromatic heterocycles. The SMILES string of the molecule is CCc1cccc(CC)c1-n1nc2c(c1-c1cccc3[nH]ccc13)CN(C(=O)Cn1nc(C(F)(F)F)cc1C)C2(C)C. The van der Waals surface area contributed by atoms with E-state index in [4.69, 9.17) is 5.10 Å². The third-order valence-electron chi connectivity index (χ3n) is 8.44. The first-order valence-corrected chi connectivity index (χ1v) is 14.2. The predicted molar refractivity (Wildman–Crippen MR) is 155 cm³/mol. The van der Waals surface area contributed by atoms with Crippen molar-refractivity contribution in [3.63, 3.8) is 0 Å². The Morgan fingerprint density at radius 3 is 2.36 bits per heavy atom. The van der Waals surface area contributed by atoms with E-state index >= 15 is 0 Å². The van der Waals surface area contributed by atoms with Crippen LogP contribution in [-0.2, 0) is 42.4 Å². The van der Waals surface area contributed by atoms with Gasteiger partial charge >= 0.3 is 6.18 Å². The molecule has 5 aromatic rings. The van der Waals surface area contributed by atoms with E-state index in [2.05, 4.69) is 52.9 Å². The molecule has 0 unspecified atom stereocenters. The van der Waals surface area contributed by atoms with Gasteiger partial charge in [-0.15, -0.1) is 0 Å². The van der Waals surface area contributed by atoms with E-state index in [1.165, 1.54) is 18.1 Å². The third kappa shape index (κ3) is 4.31. The van der Waals surface area contributed by atoms with E-state index in [9.17, 15) is 18.0 Å². The number of nitrogens with zero attached hydrogens (tertiary/aromatic N) is 5. The van der Waals surface area contributed by atoms with Gasteiger partial charge in [-0.2, -0.15) is 23.4 Å². The maximum Gasteiger partial charge on any atom is 0.435 e. The maximum absolute atomic E-state index is 13.7. The first-order valence-electron chi connectivity index (χ1n) is 14.2. The van der Waals surface area contributed by atoms with Crippen LogP contribution in [0.1, 0.15) is 61.5 Å². The highest BCUT2D eigenvalue weighted by Crippen LogP contribution is 2.45. The van der Waals surface area contributed by atoms with Gasteiger partial charge in [0.05, 0.1) is 29.2 Å². The summed E-state index contributed by atoms with van der Waals surface area (Å²) in [5.74, 6) is -0.321. The zero-order valence-corrected chi connectivity index (χ0v) is 24.3. The summed E-state index contributed by atoms with van der Waals surface area (Å²) in [7, 11) is 0. The zero-order valence-electron chi connectivity index (χ0n) is 24.3. The minimum absolute atomic E-state index is 0.277. The molecule has 7 nitrogen and oxygen atoms in total. The first kappa shape index (κ1) is 27.8. The number of fused-ring (bicyclic) bond motifs is 2. The summed E-state index contributed by atoms with van der Waals surface area (Å²) >= 11 is 0. The maximum atomic E-state index is 13.7. The Balaban J connectivity index is 1.50. The summed E-state index contributed by atoms with van der Waals surface area (Å²) in [6.07, 6.45) is -1.00. The number of nitrogens with one attached hydrogen (secondary N) is 1. The summed E-state index contributed by atoms with van der Waals surface area (Å²) < 4.78 is 43.0. The summed E-state index contributed by atoms with van der Waals surface area (Å²) in [6.45, 7) is 9.66. The molecular weight excluding hydrogens is 541 g/mol. The molecule has 0 fully saturated rings. The first-order chi connectivity index (χ1) is 20.0. The Labute approximate surface area is 241 Å². The van der Waals surface area contributed by atoms with Gasteiger partial charge in [-0.05, 0) is 62.9 Å². The molecule has 0 aliphatic carbocycles. The molecule has 0 spiro atoms. The minimum Gasteiger partial charge on any atom is -0.361 e. The molecular formula is C32H33F3N6O. The topological polar surface area (TPSA) is 71.7 Å². The number of hydrogen-bond acceptors (Lipinski definition) is 3. The number of hydrogen-bond donors (Lipinski definition) is 1. The van der Waals surface area contributed by atoms with Crippen molar-refractivity contribution in [3.05, 3.63) is 88.5 Å². The van der Waals surface area contributed by atoms with Gasteiger partial charge in [0.25, 0.3) is 0 Å². The largest absolute Gasteiger partial charge is 0.435 e. The minimum atomic E-state index is -4.58. The lowest BCUT2D eigenvalue weighted by atomic mass is 9.97. The van der Waals surface area contributed by atoms with Gasteiger partial charge in [0.2, 0.25) is 5.91 Å². The standard InChI is InChI=1S/C32H33F3N6O/c1-6-20-10-8-11-21(7-2)28(20)41-29(23-12-9-13-25-22(23)14-15-36-25)24-17-39(31(4,5)30(24)38-41)27(42)18-40-19(3)16-26(37-40)32(33,34)35/h8-16,36H,6-7,17-18H2,1-5H3. The van der Waals surface area contributed by atoms with Crippen LogP contribution in [0.4, 0.5) is 13.2 Å². The Morgan fingerprint density at radius 1 is 1.02 bits per heavy atom. The molecule has 4 heterocycles. The van der Waals surface area contributed by atoms with Crippen molar-refractivity contribution in [3.8, 4) is 16.9 Å². The Bertz CT molecular complexity index is 1800. The molecule has 6 rings (SSSR count). The number of benzene rings is 2. The quantitative estimate of drug-likeness (QED) is 0.239. The smallest absolute Gasteiger partial charge is 0.361 e. The Morgan fingerprint density at radius 2 is 1.71 bits per heavy atom. The van der Waals surface area contributed by atoms with Gasteiger partial charge in [0.15, 0.2) is 5.69 Å². The number of rotatable bonds is 6. The molecule has 2 aromatic carbocycles. The van der Waals surface area contributed by atoms with Crippen LogP contribution in [0, 0.1) is 6.92 Å². The predicted octanol–water partition coefficient (Wildman–Crippen LogP) is 6.95. The lowest BCUT2D eigenvalue weighted by molar-refractivity contribution is -0.143. The van der Waals surface area contributed by atoms with E-state index < -0.39 is 17.4 Å². The number of alkyl halides is 3. The highest BCUT2D eigenvalue weighted by Gasteiger charge is 2.46. The molecule has 1 aliphatic rings. The van der Waals surface area contributed by atoms with Crippen molar-refractivity contribution in [2.45, 2.75) is 72.3 Å². The molecule has 0 saturated heterocycles. The second-order valence-electron chi connectivity index (χ2n) is 11.3. The molecule has 218 valence electrons. The lowest BCUT2D eigenvalue weighted by Gasteiger charge is -2.32. The molecule has 0 saturated carbocycles. The summed E-state index contributed by atoms with van der Waals surface area (Å²) in [5, 5.41) is 9.96. The number of carbonyl (C=O) groups is 1. The molecule has 42 heavy (non-hydrogen) atoms. The van der Waals surface area contributed by atoms with Crippen molar-refractivity contribution < 1.29 is 18.0 Å². The van der Waals surface area contributed by atoms with Crippen LogP contribution in [0.15, 0.2) is 54.7 Å². The summed E-state index contributed by atoms with van der Waals surface area (Å²) in [5.41, 5.74) is 6.50. The van der Waals surface area contributed by atoms with Crippen molar-refractivity contribution in [2.75, 3.05) is 0 Å². The second kappa shape index (κ2) is 9.89. The average Bonchev–Trinajstić information content (AvgIpc) is 3.71. The van der Waals surface area contributed by atoms with Gasteiger partial charge < -0.3 is 9.88 Å².